The van der Waals surface area contributed by atoms with Crippen molar-refractivity contribution in [1.29, 1.82) is 0 Å². The van der Waals surface area contributed by atoms with Crippen LogP contribution in [0.25, 0.3) is 0 Å². The van der Waals surface area contributed by atoms with Crippen LogP contribution in [0.2, 0.25) is 0 Å². The highest BCUT2D eigenvalue weighted by molar-refractivity contribution is 7.80. The Balaban J connectivity index is 2.21. The third-order valence-electron chi connectivity index (χ3n) is 2.83. The van der Waals surface area contributed by atoms with Gasteiger partial charge in [0, 0.05) is 16.8 Å². The lowest BCUT2D eigenvalue weighted by Crippen LogP contribution is -2.14. The molecular formula is C15H13FN2OS. The monoisotopic (exact) mass is 288 g/mol. The van der Waals surface area contributed by atoms with Crippen molar-refractivity contribution in [3.63, 3.8) is 0 Å². The van der Waals surface area contributed by atoms with Crippen LogP contribution in [0.4, 0.5) is 10.1 Å². The van der Waals surface area contributed by atoms with Crippen molar-refractivity contribution >= 4 is 28.8 Å². The lowest BCUT2D eigenvalue weighted by Gasteiger charge is -2.07. The fourth-order valence-electron chi connectivity index (χ4n) is 1.74. The number of hydrogen-bond donors (Lipinski definition) is 2. The molecule has 3 nitrogen and oxygen atoms in total. The van der Waals surface area contributed by atoms with E-state index in [1.54, 1.807) is 31.2 Å². The summed E-state index contributed by atoms with van der Waals surface area (Å²) in [6, 6.07) is 11.2. The van der Waals surface area contributed by atoms with E-state index in [1.807, 2.05) is 0 Å². The number of carbonyl (C=O) groups excluding carboxylic acids is 1. The second kappa shape index (κ2) is 5.79. The number of rotatable bonds is 3. The first-order valence-electron chi connectivity index (χ1n) is 5.95. The Morgan fingerprint density at radius 1 is 1.20 bits per heavy atom. The van der Waals surface area contributed by atoms with E-state index < -0.39 is 0 Å². The summed E-state index contributed by atoms with van der Waals surface area (Å²) in [6.45, 7) is 1.61. The van der Waals surface area contributed by atoms with Crippen LogP contribution in [-0.4, -0.2) is 10.9 Å². The first-order chi connectivity index (χ1) is 9.47. The minimum Gasteiger partial charge on any atom is -0.389 e. The van der Waals surface area contributed by atoms with Gasteiger partial charge in [0.2, 0.25) is 0 Å². The average Bonchev–Trinajstić information content (AvgIpc) is 2.42. The number of anilines is 1. The zero-order valence-corrected chi connectivity index (χ0v) is 11.6. The van der Waals surface area contributed by atoms with Gasteiger partial charge < -0.3 is 11.1 Å². The molecule has 0 unspecified atom stereocenters. The number of amides is 1. The lowest BCUT2D eigenvalue weighted by atomic mass is 10.1. The van der Waals surface area contributed by atoms with E-state index in [-0.39, 0.29) is 16.7 Å². The Hall–Kier alpha value is -2.27. The van der Waals surface area contributed by atoms with Crippen LogP contribution in [-0.2, 0) is 0 Å². The summed E-state index contributed by atoms with van der Waals surface area (Å²) < 4.78 is 13.2. The number of halogens is 1. The first-order valence-corrected chi connectivity index (χ1v) is 6.35. The molecule has 1 amide bonds. The summed E-state index contributed by atoms with van der Waals surface area (Å²) in [5.74, 6) is -0.648. The normalized spacial score (nSPS) is 10.1. The summed E-state index contributed by atoms with van der Waals surface area (Å²) in [5.41, 5.74) is 7.62. The van der Waals surface area contributed by atoms with Gasteiger partial charge in [-0.05, 0) is 42.8 Å². The van der Waals surface area contributed by atoms with Gasteiger partial charge >= 0.3 is 0 Å². The van der Waals surface area contributed by atoms with E-state index in [0.29, 0.717) is 22.4 Å². The van der Waals surface area contributed by atoms with Crippen molar-refractivity contribution in [2.75, 3.05) is 5.32 Å². The van der Waals surface area contributed by atoms with E-state index in [9.17, 15) is 9.18 Å². The smallest absolute Gasteiger partial charge is 0.255 e. The van der Waals surface area contributed by atoms with Crippen molar-refractivity contribution in [3.8, 4) is 0 Å². The molecule has 102 valence electrons. The molecule has 0 saturated heterocycles. The molecule has 5 heteroatoms. The highest BCUT2D eigenvalue weighted by Gasteiger charge is 2.08. The topological polar surface area (TPSA) is 55.1 Å². The Morgan fingerprint density at radius 2 is 1.95 bits per heavy atom. The Labute approximate surface area is 121 Å². The van der Waals surface area contributed by atoms with E-state index in [1.165, 1.54) is 18.2 Å². The standard InChI is InChI=1S/C15H13FN2OS/c1-9-7-11(5-6-13(9)16)15(19)18-12-4-2-3-10(8-12)14(17)20/h2-8H,1H3,(H2,17,20)(H,18,19). The van der Waals surface area contributed by atoms with Gasteiger partial charge in [0.15, 0.2) is 0 Å². The average molecular weight is 288 g/mol. The molecule has 0 aliphatic heterocycles. The molecular weight excluding hydrogens is 275 g/mol. The van der Waals surface area contributed by atoms with Gasteiger partial charge in [-0.1, -0.05) is 24.4 Å². The van der Waals surface area contributed by atoms with Crippen LogP contribution in [0.5, 0.6) is 0 Å². The van der Waals surface area contributed by atoms with Crippen molar-refractivity contribution in [3.05, 3.63) is 65.0 Å². The molecule has 3 N–H and O–H groups in total. The van der Waals surface area contributed by atoms with E-state index in [4.69, 9.17) is 18.0 Å². The van der Waals surface area contributed by atoms with Crippen LogP contribution in [0.1, 0.15) is 21.5 Å². The minimum atomic E-state index is -0.336. The minimum absolute atomic E-state index is 0.263. The number of hydrogen-bond acceptors (Lipinski definition) is 2. The SMILES string of the molecule is Cc1cc(C(=O)Nc2cccc(C(N)=S)c2)ccc1F. The number of thiocarbonyl (C=S) groups is 1. The second-order valence-electron chi connectivity index (χ2n) is 4.36. The third-order valence-corrected chi connectivity index (χ3v) is 3.06. The van der Waals surface area contributed by atoms with Gasteiger partial charge in [-0.3, -0.25) is 4.79 Å². The fourth-order valence-corrected chi connectivity index (χ4v) is 1.87. The van der Waals surface area contributed by atoms with Gasteiger partial charge in [-0.15, -0.1) is 0 Å². The van der Waals surface area contributed by atoms with Crippen LogP contribution in [0, 0.1) is 12.7 Å². The highest BCUT2D eigenvalue weighted by Crippen LogP contribution is 2.14. The maximum Gasteiger partial charge on any atom is 0.255 e. The molecule has 0 atom stereocenters. The number of nitrogens with two attached hydrogens (primary N) is 1. The third kappa shape index (κ3) is 3.19. The summed E-state index contributed by atoms with van der Waals surface area (Å²) in [6.07, 6.45) is 0. The van der Waals surface area contributed by atoms with E-state index >= 15 is 0 Å². The molecule has 0 fully saturated rings. The molecule has 2 aromatic rings. The molecule has 0 spiro atoms. The van der Waals surface area contributed by atoms with Crippen molar-refractivity contribution < 1.29 is 9.18 Å². The molecule has 2 rings (SSSR count). The summed E-state index contributed by atoms with van der Waals surface area (Å²) in [4.78, 5) is 12.3. The molecule has 0 aliphatic carbocycles. The molecule has 0 aromatic heterocycles. The fraction of sp³-hybridized carbons (Fsp3) is 0.0667. The molecule has 0 heterocycles. The summed E-state index contributed by atoms with van der Waals surface area (Å²) in [5, 5.41) is 2.72. The van der Waals surface area contributed by atoms with Gasteiger partial charge in [-0.25, -0.2) is 4.39 Å². The predicted molar refractivity (Wildman–Crippen MR) is 81.4 cm³/mol. The number of aryl methyl sites for hydroxylation is 1. The van der Waals surface area contributed by atoms with Crippen LogP contribution in [0.3, 0.4) is 0 Å². The largest absolute Gasteiger partial charge is 0.389 e. The molecule has 2 aromatic carbocycles. The van der Waals surface area contributed by atoms with Crippen LogP contribution in [0.15, 0.2) is 42.5 Å². The quantitative estimate of drug-likeness (QED) is 0.854. The van der Waals surface area contributed by atoms with E-state index in [2.05, 4.69) is 5.32 Å². The highest BCUT2D eigenvalue weighted by atomic mass is 32.1. The number of nitrogens with one attached hydrogen (secondary N) is 1. The molecule has 0 radical (unpaired) electrons. The first kappa shape index (κ1) is 14.1. The maximum atomic E-state index is 13.2. The van der Waals surface area contributed by atoms with Crippen molar-refractivity contribution in [2.45, 2.75) is 6.92 Å². The molecule has 0 saturated carbocycles. The molecule has 20 heavy (non-hydrogen) atoms. The summed E-state index contributed by atoms with van der Waals surface area (Å²) >= 11 is 4.88. The second-order valence-corrected chi connectivity index (χ2v) is 4.80. The van der Waals surface area contributed by atoms with Gasteiger partial charge in [-0.2, -0.15) is 0 Å². The van der Waals surface area contributed by atoms with Crippen molar-refractivity contribution in [2.24, 2.45) is 5.73 Å². The predicted octanol–water partition coefficient (Wildman–Crippen LogP) is 3.02. The van der Waals surface area contributed by atoms with E-state index in [0.717, 1.165) is 0 Å². The van der Waals surface area contributed by atoms with Gasteiger partial charge in [0.25, 0.3) is 5.91 Å². The molecule has 0 aliphatic rings. The van der Waals surface area contributed by atoms with Crippen LogP contribution < -0.4 is 11.1 Å². The molecule has 0 bridgehead atoms. The number of carbonyl (C=O) groups is 1. The lowest BCUT2D eigenvalue weighted by molar-refractivity contribution is 0.102. The van der Waals surface area contributed by atoms with Gasteiger partial charge in [0.05, 0.1) is 0 Å². The maximum absolute atomic E-state index is 13.2. The zero-order valence-electron chi connectivity index (χ0n) is 10.8. The van der Waals surface area contributed by atoms with Crippen LogP contribution >= 0.6 is 12.2 Å². The van der Waals surface area contributed by atoms with Crippen molar-refractivity contribution in [1.82, 2.24) is 0 Å². The Morgan fingerprint density at radius 3 is 2.60 bits per heavy atom. The number of benzene rings is 2. The summed E-state index contributed by atoms with van der Waals surface area (Å²) in [7, 11) is 0. The van der Waals surface area contributed by atoms with Gasteiger partial charge in [0.1, 0.15) is 10.8 Å². The Bertz CT molecular complexity index is 685. The zero-order chi connectivity index (χ0) is 14.7. The Kier molecular flexibility index (Phi) is 4.10.